The molecule has 3 nitrogen and oxygen atoms in total. The van der Waals surface area contributed by atoms with Gasteiger partial charge >= 0.3 is 5.97 Å². The van der Waals surface area contributed by atoms with Crippen LogP contribution in [-0.2, 0) is 4.79 Å². The molecule has 0 spiro atoms. The fourth-order valence-corrected chi connectivity index (χ4v) is 1.31. The molecule has 1 aliphatic heterocycles. The topological polar surface area (TPSA) is 40.5 Å². The number of hydrogen-bond donors (Lipinski definition) is 1. The normalized spacial score (nSPS) is 17.0. The predicted octanol–water partition coefficient (Wildman–Crippen LogP) is 2.26. The summed E-state index contributed by atoms with van der Waals surface area (Å²) >= 11 is 0. The standard InChI is InChI=1S/C11H13NO2/c1-4-7-12-9(3)6-5-8(2)10(12)11(13)14/h4-7H,3H2,1-2H3,(H,13,14)/b7-4-. The quantitative estimate of drug-likeness (QED) is 0.727. The van der Waals surface area contributed by atoms with Gasteiger partial charge in [-0.25, -0.2) is 4.79 Å². The third kappa shape index (κ3) is 1.76. The number of rotatable bonds is 2. The minimum atomic E-state index is -0.939. The largest absolute Gasteiger partial charge is 0.477 e. The molecule has 1 heterocycles. The number of carboxylic acids is 1. The summed E-state index contributed by atoms with van der Waals surface area (Å²) in [5, 5.41) is 9.02. The van der Waals surface area contributed by atoms with Crippen molar-refractivity contribution in [3.05, 3.63) is 48.0 Å². The molecule has 14 heavy (non-hydrogen) atoms. The van der Waals surface area contributed by atoms with E-state index in [1.807, 2.05) is 6.92 Å². The average molecular weight is 191 g/mol. The maximum absolute atomic E-state index is 11.0. The van der Waals surface area contributed by atoms with Crippen LogP contribution in [0.4, 0.5) is 0 Å². The first kappa shape index (κ1) is 10.3. The number of aliphatic carboxylic acids is 1. The Hall–Kier alpha value is -1.77. The van der Waals surface area contributed by atoms with Crippen LogP contribution in [0.3, 0.4) is 0 Å². The van der Waals surface area contributed by atoms with Gasteiger partial charge in [0, 0.05) is 11.9 Å². The van der Waals surface area contributed by atoms with Gasteiger partial charge in [-0.2, -0.15) is 0 Å². The number of hydrogen-bond acceptors (Lipinski definition) is 2. The van der Waals surface area contributed by atoms with Crippen molar-refractivity contribution in [1.29, 1.82) is 0 Å². The summed E-state index contributed by atoms with van der Waals surface area (Å²) in [6.07, 6.45) is 7.02. The highest BCUT2D eigenvalue weighted by Gasteiger charge is 2.20. The van der Waals surface area contributed by atoms with Crippen LogP contribution in [0.15, 0.2) is 48.0 Å². The highest BCUT2D eigenvalue weighted by molar-refractivity contribution is 5.88. The van der Waals surface area contributed by atoms with Gasteiger partial charge in [0.05, 0.1) is 0 Å². The van der Waals surface area contributed by atoms with Crippen LogP contribution in [0, 0.1) is 0 Å². The Bertz CT molecular complexity index is 361. The van der Waals surface area contributed by atoms with E-state index in [0.29, 0.717) is 5.70 Å². The zero-order valence-electron chi connectivity index (χ0n) is 8.32. The van der Waals surface area contributed by atoms with Gasteiger partial charge in [0.15, 0.2) is 0 Å². The van der Waals surface area contributed by atoms with E-state index in [1.165, 1.54) is 0 Å². The van der Waals surface area contributed by atoms with Gasteiger partial charge in [0.2, 0.25) is 0 Å². The second kappa shape index (κ2) is 3.96. The highest BCUT2D eigenvalue weighted by atomic mass is 16.4. The van der Waals surface area contributed by atoms with Gasteiger partial charge in [0.25, 0.3) is 0 Å². The molecular formula is C11H13NO2. The lowest BCUT2D eigenvalue weighted by Crippen LogP contribution is -2.24. The van der Waals surface area contributed by atoms with Gasteiger partial charge in [-0.3, -0.25) is 0 Å². The van der Waals surface area contributed by atoms with E-state index in [1.54, 1.807) is 36.3 Å². The molecule has 1 N–H and O–H groups in total. The molecule has 0 saturated heterocycles. The van der Waals surface area contributed by atoms with Crippen LogP contribution in [0.25, 0.3) is 0 Å². The fourth-order valence-electron chi connectivity index (χ4n) is 1.31. The lowest BCUT2D eigenvalue weighted by Gasteiger charge is -2.25. The summed E-state index contributed by atoms with van der Waals surface area (Å²) in [5.74, 6) is -0.939. The average Bonchev–Trinajstić information content (AvgIpc) is 2.11. The smallest absolute Gasteiger partial charge is 0.353 e. The molecule has 0 unspecified atom stereocenters. The molecule has 1 rings (SSSR count). The maximum atomic E-state index is 11.0. The number of allylic oxidation sites excluding steroid dienone is 4. The maximum Gasteiger partial charge on any atom is 0.353 e. The lowest BCUT2D eigenvalue weighted by atomic mass is 10.1. The summed E-state index contributed by atoms with van der Waals surface area (Å²) < 4.78 is 0. The molecule has 0 bridgehead atoms. The van der Waals surface area contributed by atoms with Crippen molar-refractivity contribution in [2.24, 2.45) is 0 Å². The Morgan fingerprint density at radius 1 is 1.57 bits per heavy atom. The van der Waals surface area contributed by atoms with E-state index in [4.69, 9.17) is 5.11 Å². The van der Waals surface area contributed by atoms with Crippen LogP contribution in [0.1, 0.15) is 13.8 Å². The Balaban J connectivity index is 3.19. The van der Waals surface area contributed by atoms with E-state index < -0.39 is 5.97 Å². The Morgan fingerprint density at radius 2 is 2.21 bits per heavy atom. The molecule has 0 atom stereocenters. The van der Waals surface area contributed by atoms with Crippen molar-refractivity contribution in [2.45, 2.75) is 13.8 Å². The van der Waals surface area contributed by atoms with Crippen LogP contribution in [0.5, 0.6) is 0 Å². The summed E-state index contributed by atoms with van der Waals surface area (Å²) in [7, 11) is 0. The van der Waals surface area contributed by atoms with Crippen LogP contribution >= 0.6 is 0 Å². The van der Waals surface area contributed by atoms with E-state index in [9.17, 15) is 4.79 Å². The van der Waals surface area contributed by atoms with Crippen molar-refractivity contribution >= 4 is 5.97 Å². The first-order chi connectivity index (χ1) is 6.57. The van der Waals surface area contributed by atoms with E-state index in [2.05, 4.69) is 6.58 Å². The first-order valence-corrected chi connectivity index (χ1v) is 4.31. The second-order valence-electron chi connectivity index (χ2n) is 3.01. The number of carboxylic acid groups (broad SMARTS) is 1. The zero-order valence-corrected chi connectivity index (χ0v) is 8.32. The minimum absolute atomic E-state index is 0.260. The molecule has 1 aliphatic rings. The Morgan fingerprint density at radius 3 is 2.71 bits per heavy atom. The summed E-state index contributed by atoms with van der Waals surface area (Å²) in [5.41, 5.74) is 1.64. The molecule has 0 aromatic rings. The molecule has 0 radical (unpaired) electrons. The van der Waals surface area contributed by atoms with Crippen molar-refractivity contribution in [3.63, 3.8) is 0 Å². The molecule has 0 amide bonds. The van der Waals surface area contributed by atoms with Gasteiger partial charge in [-0.1, -0.05) is 18.7 Å². The first-order valence-electron chi connectivity index (χ1n) is 4.31. The molecule has 0 fully saturated rings. The molecule has 0 saturated carbocycles. The Labute approximate surface area is 83.3 Å². The van der Waals surface area contributed by atoms with Crippen molar-refractivity contribution in [1.82, 2.24) is 4.90 Å². The summed E-state index contributed by atoms with van der Waals surface area (Å²) in [4.78, 5) is 12.6. The fraction of sp³-hybridized carbons (Fsp3) is 0.182. The Kier molecular flexibility index (Phi) is 2.92. The predicted molar refractivity (Wildman–Crippen MR) is 55.3 cm³/mol. The van der Waals surface area contributed by atoms with Crippen LogP contribution in [0.2, 0.25) is 0 Å². The zero-order chi connectivity index (χ0) is 10.7. The van der Waals surface area contributed by atoms with Crippen molar-refractivity contribution in [3.8, 4) is 0 Å². The molecule has 0 aliphatic carbocycles. The van der Waals surface area contributed by atoms with Gasteiger partial charge in [-0.15, -0.1) is 0 Å². The summed E-state index contributed by atoms with van der Waals surface area (Å²) in [6.45, 7) is 7.37. The number of nitrogens with zero attached hydrogens (tertiary/aromatic N) is 1. The SMILES string of the molecule is C=C1C=CC(C)=C(C(=O)O)N1/C=C\C. The van der Waals surface area contributed by atoms with Crippen molar-refractivity contribution < 1.29 is 9.90 Å². The molecular weight excluding hydrogens is 178 g/mol. The third-order valence-electron chi connectivity index (χ3n) is 1.95. The van der Waals surface area contributed by atoms with Crippen molar-refractivity contribution in [2.75, 3.05) is 0 Å². The molecule has 0 aromatic carbocycles. The van der Waals surface area contributed by atoms with Gasteiger partial charge in [0.1, 0.15) is 5.70 Å². The van der Waals surface area contributed by atoms with Gasteiger partial charge in [-0.05, 0) is 25.5 Å². The van der Waals surface area contributed by atoms with E-state index in [-0.39, 0.29) is 5.70 Å². The second-order valence-corrected chi connectivity index (χ2v) is 3.01. The highest BCUT2D eigenvalue weighted by Crippen LogP contribution is 2.23. The molecule has 3 heteroatoms. The van der Waals surface area contributed by atoms with E-state index >= 15 is 0 Å². The summed E-state index contributed by atoms with van der Waals surface area (Å²) in [6, 6.07) is 0. The minimum Gasteiger partial charge on any atom is -0.477 e. The molecule has 0 aromatic heterocycles. The van der Waals surface area contributed by atoms with Gasteiger partial charge < -0.3 is 10.0 Å². The molecule has 74 valence electrons. The van der Waals surface area contributed by atoms with Crippen LogP contribution < -0.4 is 0 Å². The third-order valence-corrected chi connectivity index (χ3v) is 1.95. The number of carbonyl (C=O) groups is 1. The van der Waals surface area contributed by atoms with E-state index in [0.717, 1.165) is 5.57 Å². The lowest BCUT2D eigenvalue weighted by molar-refractivity contribution is -0.133. The monoisotopic (exact) mass is 191 g/mol. The van der Waals surface area contributed by atoms with Crippen LogP contribution in [-0.4, -0.2) is 16.0 Å².